The average Bonchev–Trinajstić information content (AvgIpc) is 3.48. The number of likely N-dealkylation sites (tertiary alicyclic amines) is 2. The van der Waals surface area contributed by atoms with E-state index in [-0.39, 0.29) is 11.3 Å². The SMILES string of the molecule is O=C(c1ccccc1OCC1CCN(C(=O)C2(c3ccccc3)CC2)CC1)N1CCCC1. The average molecular weight is 433 g/mol. The van der Waals surface area contributed by atoms with E-state index in [0.717, 1.165) is 70.3 Å². The topological polar surface area (TPSA) is 49.9 Å². The molecular weight excluding hydrogens is 400 g/mol. The highest BCUT2D eigenvalue weighted by Crippen LogP contribution is 2.49. The van der Waals surface area contributed by atoms with Gasteiger partial charge in [0.05, 0.1) is 17.6 Å². The van der Waals surface area contributed by atoms with Crippen LogP contribution in [0.2, 0.25) is 0 Å². The molecule has 3 fully saturated rings. The second-order valence-corrected chi connectivity index (χ2v) is 9.49. The molecule has 0 bridgehead atoms. The van der Waals surface area contributed by atoms with Gasteiger partial charge in [-0.3, -0.25) is 9.59 Å². The minimum atomic E-state index is -0.278. The third kappa shape index (κ3) is 4.13. The van der Waals surface area contributed by atoms with Crippen LogP contribution in [0.15, 0.2) is 54.6 Å². The zero-order chi connectivity index (χ0) is 22.0. The van der Waals surface area contributed by atoms with Crippen LogP contribution in [0.4, 0.5) is 0 Å². The molecule has 2 amide bonds. The van der Waals surface area contributed by atoms with Crippen molar-refractivity contribution in [1.82, 2.24) is 9.80 Å². The van der Waals surface area contributed by atoms with E-state index in [1.807, 2.05) is 47.4 Å². The number of hydrogen-bond acceptors (Lipinski definition) is 3. The maximum absolute atomic E-state index is 13.3. The Hall–Kier alpha value is -2.82. The molecule has 5 heteroatoms. The Kier molecular flexibility index (Phi) is 5.90. The van der Waals surface area contributed by atoms with Crippen molar-refractivity contribution < 1.29 is 14.3 Å². The van der Waals surface area contributed by atoms with Crippen LogP contribution in [-0.4, -0.2) is 54.4 Å². The van der Waals surface area contributed by atoms with Crippen molar-refractivity contribution in [3.63, 3.8) is 0 Å². The molecule has 2 saturated heterocycles. The first kappa shape index (κ1) is 21.0. The summed E-state index contributed by atoms with van der Waals surface area (Å²) in [6, 6.07) is 17.8. The molecule has 1 saturated carbocycles. The first-order valence-electron chi connectivity index (χ1n) is 12.0. The normalized spacial score (nSPS) is 20.2. The standard InChI is InChI=1S/C27H32N2O3/c30-25(28-16-6-7-17-28)23-10-4-5-11-24(23)32-20-21-12-18-29(19-13-21)26(31)27(14-15-27)22-8-2-1-3-9-22/h1-5,8-11,21H,6-7,12-20H2. The van der Waals surface area contributed by atoms with Gasteiger partial charge in [0, 0.05) is 26.2 Å². The predicted octanol–water partition coefficient (Wildman–Crippen LogP) is 4.27. The van der Waals surface area contributed by atoms with Gasteiger partial charge >= 0.3 is 0 Å². The second kappa shape index (κ2) is 8.97. The van der Waals surface area contributed by atoms with Crippen molar-refractivity contribution in [2.24, 2.45) is 5.92 Å². The van der Waals surface area contributed by atoms with Gasteiger partial charge in [0.1, 0.15) is 5.75 Å². The number of piperidine rings is 1. The summed E-state index contributed by atoms with van der Waals surface area (Å²) in [7, 11) is 0. The number of benzene rings is 2. The first-order chi connectivity index (χ1) is 15.7. The quantitative estimate of drug-likeness (QED) is 0.685. The maximum Gasteiger partial charge on any atom is 0.257 e. The van der Waals surface area contributed by atoms with Crippen LogP contribution in [0, 0.1) is 5.92 Å². The molecule has 2 aliphatic heterocycles. The third-order valence-electron chi connectivity index (χ3n) is 7.37. The highest BCUT2D eigenvalue weighted by molar-refractivity contribution is 5.97. The maximum atomic E-state index is 13.3. The number of carbonyl (C=O) groups is 2. The molecule has 0 radical (unpaired) electrons. The van der Waals surface area contributed by atoms with Crippen molar-refractivity contribution in [1.29, 1.82) is 0 Å². The summed E-state index contributed by atoms with van der Waals surface area (Å²) in [6.07, 6.45) is 5.97. The molecule has 0 unspecified atom stereocenters. The Morgan fingerprint density at radius 1 is 0.844 bits per heavy atom. The molecule has 0 N–H and O–H groups in total. The van der Waals surface area contributed by atoms with E-state index in [9.17, 15) is 9.59 Å². The van der Waals surface area contributed by atoms with E-state index in [1.165, 1.54) is 0 Å². The fourth-order valence-corrected chi connectivity index (χ4v) is 5.18. The lowest BCUT2D eigenvalue weighted by Crippen LogP contribution is -2.44. The summed E-state index contributed by atoms with van der Waals surface area (Å²) in [4.78, 5) is 30.1. The molecule has 2 aromatic rings. The van der Waals surface area contributed by atoms with Gasteiger partial charge in [-0.05, 0) is 62.1 Å². The van der Waals surface area contributed by atoms with Crippen molar-refractivity contribution in [3.05, 3.63) is 65.7 Å². The summed E-state index contributed by atoms with van der Waals surface area (Å²) in [5, 5.41) is 0. The van der Waals surface area contributed by atoms with Gasteiger partial charge in [0.2, 0.25) is 5.91 Å². The van der Waals surface area contributed by atoms with Gasteiger partial charge in [-0.15, -0.1) is 0 Å². The van der Waals surface area contributed by atoms with Gasteiger partial charge < -0.3 is 14.5 Å². The lowest BCUT2D eigenvalue weighted by Gasteiger charge is -2.34. The molecule has 0 atom stereocenters. The summed E-state index contributed by atoms with van der Waals surface area (Å²) < 4.78 is 6.15. The summed E-state index contributed by atoms with van der Waals surface area (Å²) in [5.74, 6) is 1.46. The number of nitrogens with zero attached hydrogens (tertiary/aromatic N) is 2. The Labute approximate surface area is 190 Å². The number of ether oxygens (including phenoxy) is 1. The lowest BCUT2D eigenvalue weighted by atomic mass is 9.91. The van der Waals surface area contributed by atoms with Crippen molar-refractivity contribution in [2.45, 2.75) is 43.9 Å². The van der Waals surface area contributed by atoms with Gasteiger partial charge in [0.15, 0.2) is 0 Å². The lowest BCUT2D eigenvalue weighted by molar-refractivity contribution is -0.135. The Morgan fingerprint density at radius 2 is 1.50 bits per heavy atom. The molecular formula is C27H32N2O3. The fourth-order valence-electron chi connectivity index (χ4n) is 5.18. The highest BCUT2D eigenvalue weighted by atomic mass is 16.5. The molecule has 5 rings (SSSR count). The summed E-state index contributed by atoms with van der Waals surface area (Å²) >= 11 is 0. The van der Waals surface area contributed by atoms with Crippen molar-refractivity contribution in [2.75, 3.05) is 32.8 Å². The van der Waals surface area contributed by atoms with Crippen LogP contribution in [0.5, 0.6) is 5.75 Å². The minimum absolute atomic E-state index is 0.0779. The first-order valence-corrected chi connectivity index (χ1v) is 12.0. The van der Waals surface area contributed by atoms with E-state index in [1.54, 1.807) is 0 Å². The van der Waals surface area contributed by atoms with E-state index < -0.39 is 0 Å². The zero-order valence-electron chi connectivity index (χ0n) is 18.7. The number of amides is 2. The van der Waals surface area contributed by atoms with E-state index in [2.05, 4.69) is 17.0 Å². The van der Waals surface area contributed by atoms with Gasteiger partial charge in [-0.25, -0.2) is 0 Å². The van der Waals surface area contributed by atoms with Crippen LogP contribution < -0.4 is 4.74 Å². The molecule has 3 aliphatic rings. The Bertz CT molecular complexity index is 956. The number of rotatable bonds is 6. The molecule has 5 nitrogen and oxygen atoms in total. The minimum Gasteiger partial charge on any atom is -0.492 e. The van der Waals surface area contributed by atoms with E-state index in [4.69, 9.17) is 4.74 Å². The van der Waals surface area contributed by atoms with Crippen LogP contribution in [-0.2, 0) is 10.2 Å². The third-order valence-corrected chi connectivity index (χ3v) is 7.37. The van der Waals surface area contributed by atoms with Crippen LogP contribution in [0.1, 0.15) is 54.4 Å². The molecule has 0 aromatic heterocycles. The summed E-state index contributed by atoms with van der Waals surface area (Å²) in [5.41, 5.74) is 1.55. The van der Waals surface area contributed by atoms with Crippen molar-refractivity contribution >= 4 is 11.8 Å². The largest absolute Gasteiger partial charge is 0.492 e. The number of para-hydroxylation sites is 1. The van der Waals surface area contributed by atoms with Crippen LogP contribution in [0.3, 0.4) is 0 Å². The predicted molar refractivity (Wildman–Crippen MR) is 124 cm³/mol. The molecule has 1 aliphatic carbocycles. The van der Waals surface area contributed by atoms with Gasteiger partial charge in [-0.2, -0.15) is 0 Å². The zero-order valence-corrected chi connectivity index (χ0v) is 18.7. The molecule has 0 spiro atoms. The van der Waals surface area contributed by atoms with Gasteiger partial charge in [-0.1, -0.05) is 42.5 Å². The van der Waals surface area contributed by atoms with Crippen LogP contribution in [0.25, 0.3) is 0 Å². The van der Waals surface area contributed by atoms with Gasteiger partial charge in [0.25, 0.3) is 5.91 Å². The van der Waals surface area contributed by atoms with E-state index >= 15 is 0 Å². The fraction of sp³-hybridized carbons (Fsp3) is 0.481. The molecule has 2 aromatic carbocycles. The number of hydrogen-bond donors (Lipinski definition) is 0. The highest BCUT2D eigenvalue weighted by Gasteiger charge is 2.53. The molecule has 32 heavy (non-hydrogen) atoms. The van der Waals surface area contributed by atoms with Crippen molar-refractivity contribution in [3.8, 4) is 5.75 Å². The van der Waals surface area contributed by atoms with Crippen LogP contribution >= 0.6 is 0 Å². The molecule has 168 valence electrons. The second-order valence-electron chi connectivity index (χ2n) is 9.49. The Balaban J connectivity index is 1.16. The smallest absolute Gasteiger partial charge is 0.257 e. The molecule has 2 heterocycles. The number of carbonyl (C=O) groups excluding carboxylic acids is 2. The monoisotopic (exact) mass is 432 g/mol. The Morgan fingerprint density at radius 3 is 2.19 bits per heavy atom. The summed E-state index contributed by atoms with van der Waals surface area (Å²) in [6.45, 7) is 3.84. The van der Waals surface area contributed by atoms with E-state index in [0.29, 0.717) is 29.7 Å².